The van der Waals surface area contributed by atoms with E-state index in [1.54, 1.807) is 0 Å². The first-order chi connectivity index (χ1) is 7.58. The van der Waals surface area contributed by atoms with Crippen LogP contribution >= 0.6 is 0 Å². The lowest BCUT2D eigenvalue weighted by molar-refractivity contribution is -0.142. The van der Waals surface area contributed by atoms with Gasteiger partial charge >= 0.3 is 5.97 Å². The molecule has 5 nitrogen and oxygen atoms in total. The van der Waals surface area contributed by atoms with Crippen molar-refractivity contribution in [1.82, 2.24) is 5.32 Å². The number of carboxylic acid groups (broad SMARTS) is 1. The summed E-state index contributed by atoms with van der Waals surface area (Å²) < 4.78 is 5.47. The fraction of sp³-hybridized carbons (Fsp3) is 0.818. The van der Waals surface area contributed by atoms with Crippen LogP contribution in [0.1, 0.15) is 32.6 Å². The number of nitrogens with one attached hydrogen (secondary N) is 1. The summed E-state index contributed by atoms with van der Waals surface area (Å²) in [6, 6.07) is -0.773. The molecule has 0 radical (unpaired) electrons. The Labute approximate surface area is 94.2 Å². The molecule has 4 atom stereocenters. The van der Waals surface area contributed by atoms with Gasteiger partial charge in [-0.15, -0.1) is 0 Å². The van der Waals surface area contributed by atoms with Gasteiger partial charge < -0.3 is 15.2 Å². The smallest absolute Gasteiger partial charge is 0.326 e. The Morgan fingerprint density at radius 1 is 1.50 bits per heavy atom. The van der Waals surface area contributed by atoms with E-state index in [1.807, 2.05) is 0 Å². The predicted octanol–water partition coefficient (Wildman–Crippen LogP) is 0.533. The van der Waals surface area contributed by atoms with Gasteiger partial charge in [-0.1, -0.05) is 6.42 Å². The summed E-state index contributed by atoms with van der Waals surface area (Å²) in [4.78, 5) is 21.9. The van der Waals surface area contributed by atoms with Crippen LogP contribution in [0.3, 0.4) is 0 Å². The van der Waals surface area contributed by atoms with Crippen molar-refractivity contribution in [2.24, 2.45) is 5.92 Å². The molecule has 1 heterocycles. The number of epoxide rings is 1. The van der Waals surface area contributed by atoms with Crippen molar-refractivity contribution in [3.8, 4) is 0 Å². The number of carboxylic acids is 1. The maximum Gasteiger partial charge on any atom is 0.326 e. The Bertz CT molecular complexity index is 304. The van der Waals surface area contributed by atoms with Crippen molar-refractivity contribution in [3.05, 3.63) is 0 Å². The average molecular weight is 227 g/mol. The van der Waals surface area contributed by atoms with Crippen molar-refractivity contribution in [1.29, 1.82) is 0 Å². The Kier molecular flexibility index (Phi) is 3.14. The van der Waals surface area contributed by atoms with Crippen molar-refractivity contribution < 1.29 is 19.4 Å². The molecule has 1 aliphatic carbocycles. The number of hydrogen-bond donors (Lipinski definition) is 2. The van der Waals surface area contributed by atoms with Gasteiger partial charge in [-0.25, -0.2) is 4.79 Å². The van der Waals surface area contributed by atoms with Crippen LogP contribution in [0.2, 0.25) is 0 Å². The van der Waals surface area contributed by atoms with Gasteiger partial charge in [-0.3, -0.25) is 4.79 Å². The summed E-state index contributed by atoms with van der Waals surface area (Å²) in [5, 5.41) is 11.5. The molecular weight excluding hydrogens is 210 g/mol. The van der Waals surface area contributed by atoms with E-state index in [0.29, 0.717) is 12.5 Å². The molecule has 90 valence electrons. The Balaban J connectivity index is 1.89. The highest BCUT2D eigenvalue weighted by Gasteiger charge is 2.47. The lowest BCUT2D eigenvalue weighted by Crippen LogP contribution is -2.42. The summed E-state index contributed by atoms with van der Waals surface area (Å²) >= 11 is 0. The van der Waals surface area contributed by atoms with Crippen LogP contribution in [0.15, 0.2) is 0 Å². The number of carbonyl (C=O) groups excluding carboxylic acids is 1. The second-order valence-corrected chi connectivity index (χ2v) is 4.66. The molecule has 16 heavy (non-hydrogen) atoms. The Morgan fingerprint density at radius 2 is 2.25 bits per heavy atom. The molecular formula is C11H17NO4. The summed E-state index contributed by atoms with van der Waals surface area (Å²) in [5.41, 5.74) is 0. The van der Waals surface area contributed by atoms with E-state index in [1.165, 1.54) is 6.92 Å². The first kappa shape index (κ1) is 11.4. The SMILES string of the molecule is CC(=O)NC(CC1CCCC2OC12)C(=O)O. The molecule has 2 rings (SSSR count). The maximum atomic E-state index is 11.0. The summed E-state index contributed by atoms with van der Waals surface area (Å²) in [6.07, 6.45) is 4.27. The van der Waals surface area contributed by atoms with Gasteiger partial charge in [0.25, 0.3) is 0 Å². The van der Waals surface area contributed by atoms with E-state index >= 15 is 0 Å². The fourth-order valence-corrected chi connectivity index (χ4v) is 2.57. The minimum atomic E-state index is -0.960. The largest absolute Gasteiger partial charge is 0.480 e. The zero-order valence-electron chi connectivity index (χ0n) is 9.31. The lowest BCUT2D eigenvalue weighted by Gasteiger charge is -2.22. The van der Waals surface area contributed by atoms with E-state index in [-0.39, 0.29) is 17.9 Å². The van der Waals surface area contributed by atoms with Gasteiger partial charge in [-0.05, 0) is 25.2 Å². The molecule has 1 saturated carbocycles. The highest BCUT2D eigenvalue weighted by molar-refractivity contribution is 5.82. The highest BCUT2D eigenvalue weighted by Crippen LogP contribution is 2.42. The molecule has 0 aromatic heterocycles. The molecule has 4 unspecified atom stereocenters. The van der Waals surface area contributed by atoms with Crippen molar-refractivity contribution in [2.45, 2.75) is 50.9 Å². The number of aliphatic carboxylic acids is 1. The molecule has 2 aliphatic rings. The van der Waals surface area contributed by atoms with Gasteiger partial charge in [0.15, 0.2) is 0 Å². The predicted molar refractivity (Wildman–Crippen MR) is 55.9 cm³/mol. The number of rotatable bonds is 4. The first-order valence-corrected chi connectivity index (χ1v) is 5.73. The molecule has 1 saturated heterocycles. The minimum Gasteiger partial charge on any atom is -0.480 e. The van der Waals surface area contributed by atoms with Crippen LogP contribution in [0, 0.1) is 5.92 Å². The Hall–Kier alpha value is -1.10. The van der Waals surface area contributed by atoms with E-state index in [2.05, 4.69) is 5.32 Å². The monoisotopic (exact) mass is 227 g/mol. The van der Waals surface area contributed by atoms with Gasteiger partial charge in [0.2, 0.25) is 5.91 Å². The van der Waals surface area contributed by atoms with E-state index < -0.39 is 12.0 Å². The fourth-order valence-electron chi connectivity index (χ4n) is 2.57. The molecule has 2 N–H and O–H groups in total. The second kappa shape index (κ2) is 4.41. The lowest BCUT2D eigenvalue weighted by atomic mass is 9.84. The summed E-state index contributed by atoms with van der Waals surface area (Å²) in [5.74, 6) is -0.971. The van der Waals surface area contributed by atoms with Crippen molar-refractivity contribution >= 4 is 11.9 Å². The Morgan fingerprint density at radius 3 is 2.88 bits per heavy atom. The minimum absolute atomic E-state index is 0.240. The average Bonchev–Trinajstić information content (AvgIpc) is 2.95. The first-order valence-electron chi connectivity index (χ1n) is 5.73. The molecule has 1 aliphatic heterocycles. The van der Waals surface area contributed by atoms with Gasteiger partial charge in [0, 0.05) is 6.92 Å². The van der Waals surface area contributed by atoms with Crippen LogP contribution in [-0.2, 0) is 14.3 Å². The third kappa shape index (κ3) is 2.52. The highest BCUT2D eigenvalue weighted by atomic mass is 16.6. The van der Waals surface area contributed by atoms with Crippen LogP contribution in [0.4, 0.5) is 0 Å². The number of amides is 1. The molecule has 1 amide bonds. The molecule has 0 bridgehead atoms. The molecule has 5 heteroatoms. The maximum absolute atomic E-state index is 11.0. The van der Waals surface area contributed by atoms with Gasteiger partial charge in [0.1, 0.15) is 6.04 Å². The number of fused-ring (bicyclic) bond motifs is 1. The zero-order valence-corrected chi connectivity index (χ0v) is 9.31. The van der Waals surface area contributed by atoms with E-state index in [0.717, 1.165) is 19.3 Å². The van der Waals surface area contributed by atoms with Crippen LogP contribution in [0.25, 0.3) is 0 Å². The topological polar surface area (TPSA) is 78.9 Å². The quantitative estimate of drug-likeness (QED) is 0.687. The van der Waals surface area contributed by atoms with Gasteiger partial charge in [0.05, 0.1) is 12.2 Å². The van der Waals surface area contributed by atoms with E-state index in [9.17, 15) is 9.59 Å². The third-order valence-corrected chi connectivity index (χ3v) is 3.36. The molecule has 0 spiro atoms. The van der Waals surface area contributed by atoms with Crippen molar-refractivity contribution in [3.63, 3.8) is 0 Å². The molecule has 0 aromatic carbocycles. The summed E-state index contributed by atoms with van der Waals surface area (Å²) in [6.45, 7) is 1.34. The van der Waals surface area contributed by atoms with Crippen LogP contribution in [-0.4, -0.2) is 35.2 Å². The van der Waals surface area contributed by atoms with Gasteiger partial charge in [-0.2, -0.15) is 0 Å². The number of carbonyl (C=O) groups is 2. The third-order valence-electron chi connectivity index (χ3n) is 3.36. The standard InChI is InChI=1S/C11H17NO4/c1-6(13)12-8(11(14)15)5-7-3-2-4-9-10(7)16-9/h7-10H,2-5H2,1H3,(H,12,13)(H,14,15). The van der Waals surface area contributed by atoms with E-state index in [4.69, 9.17) is 9.84 Å². The zero-order chi connectivity index (χ0) is 11.7. The second-order valence-electron chi connectivity index (χ2n) is 4.66. The number of hydrogen-bond acceptors (Lipinski definition) is 3. The normalized spacial score (nSPS) is 33.7. The van der Waals surface area contributed by atoms with Crippen LogP contribution < -0.4 is 5.32 Å². The summed E-state index contributed by atoms with van der Waals surface area (Å²) in [7, 11) is 0. The molecule has 0 aromatic rings. The number of ether oxygens (including phenoxy) is 1. The van der Waals surface area contributed by atoms with Crippen molar-refractivity contribution in [2.75, 3.05) is 0 Å². The van der Waals surface area contributed by atoms with Crippen LogP contribution in [0.5, 0.6) is 0 Å². The molecule has 2 fully saturated rings.